The zero-order chi connectivity index (χ0) is 20.7. The number of carbonyl (C=O) groups excluding carboxylic acids is 2. The number of rotatable bonds is 7. The van der Waals surface area contributed by atoms with E-state index in [1.165, 1.54) is 6.92 Å². The van der Waals surface area contributed by atoms with Crippen LogP contribution in [-0.4, -0.2) is 29.4 Å². The van der Waals surface area contributed by atoms with E-state index < -0.39 is 34.3 Å². The van der Waals surface area contributed by atoms with Crippen LogP contribution in [0.5, 0.6) is 11.5 Å². The molecule has 2 aromatic rings. The van der Waals surface area contributed by atoms with Crippen molar-refractivity contribution in [2.24, 2.45) is 0 Å². The Bertz CT molecular complexity index is 872. The zero-order valence-electron chi connectivity index (χ0n) is 15.1. The Kier molecular flexibility index (Phi) is 6.85. The van der Waals surface area contributed by atoms with Crippen LogP contribution in [0.4, 0.5) is 10.1 Å². The fourth-order valence-electron chi connectivity index (χ4n) is 2.12. The lowest BCUT2D eigenvalue weighted by molar-refractivity contribution is -0.387. The van der Waals surface area contributed by atoms with E-state index in [2.05, 4.69) is 10.9 Å². The molecule has 2 rings (SSSR count). The summed E-state index contributed by atoms with van der Waals surface area (Å²) in [5, 5.41) is 10.7. The minimum absolute atomic E-state index is 0.187. The molecular weight excluding hydrogens is 373 g/mol. The number of halogens is 1. The van der Waals surface area contributed by atoms with Gasteiger partial charge in [-0.25, -0.2) is 0 Å². The predicted molar refractivity (Wildman–Crippen MR) is 96.4 cm³/mol. The van der Waals surface area contributed by atoms with Crippen molar-refractivity contribution in [3.05, 3.63) is 64.0 Å². The number of hydrazine groups is 1. The number of amides is 2. The number of nitro benzene ring substituents is 1. The molecule has 1 atom stereocenters. The summed E-state index contributed by atoms with van der Waals surface area (Å²) in [4.78, 5) is 33.8. The second kappa shape index (κ2) is 9.31. The molecule has 10 heteroatoms. The monoisotopic (exact) mass is 391 g/mol. The molecule has 0 saturated heterocycles. The second-order valence-corrected chi connectivity index (χ2v) is 5.53. The van der Waals surface area contributed by atoms with Gasteiger partial charge in [-0.1, -0.05) is 0 Å². The molecule has 0 spiro atoms. The molecule has 28 heavy (non-hydrogen) atoms. The van der Waals surface area contributed by atoms with Gasteiger partial charge in [-0.2, -0.15) is 4.39 Å². The molecule has 0 bridgehead atoms. The van der Waals surface area contributed by atoms with E-state index in [0.29, 0.717) is 18.1 Å². The van der Waals surface area contributed by atoms with Crippen molar-refractivity contribution in [1.29, 1.82) is 0 Å². The van der Waals surface area contributed by atoms with Gasteiger partial charge in [-0.15, -0.1) is 0 Å². The lowest BCUT2D eigenvalue weighted by atomic mass is 10.2. The van der Waals surface area contributed by atoms with Crippen molar-refractivity contribution in [2.45, 2.75) is 20.0 Å². The van der Waals surface area contributed by atoms with Crippen molar-refractivity contribution < 1.29 is 28.4 Å². The maximum absolute atomic E-state index is 13.3. The fourth-order valence-corrected chi connectivity index (χ4v) is 2.12. The van der Waals surface area contributed by atoms with E-state index in [0.717, 1.165) is 18.2 Å². The number of nitrogens with one attached hydrogen (secondary N) is 2. The molecule has 0 aliphatic rings. The van der Waals surface area contributed by atoms with E-state index >= 15 is 0 Å². The first-order valence-electron chi connectivity index (χ1n) is 8.25. The molecule has 0 unspecified atom stereocenters. The summed E-state index contributed by atoms with van der Waals surface area (Å²) >= 11 is 0. The predicted octanol–water partition coefficient (Wildman–Crippen LogP) is 2.36. The summed E-state index contributed by atoms with van der Waals surface area (Å²) in [6.45, 7) is 3.85. The largest absolute Gasteiger partial charge is 0.494 e. The van der Waals surface area contributed by atoms with Gasteiger partial charge in [-0.3, -0.25) is 30.6 Å². The van der Waals surface area contributed by atoms with Gasteiger partial charge in [0.1, 0.15) is 11.5 Å². The van der Waals surface area contributed by atoms with Crippen molar-refractivity contribution in [1.82, 2.24) is 10.9 Å². The molecule has 0 aromatic heterocycles. The fraction of sp³-hybridized carbons (Fsp3) is 0.222. The minimum atomic E-state index is -1.07. The summed E-state index contributed by atoms with van der Waals surface area (Å²) in [5.74, 6) is -1.48. The van der Waals surface area contributed by atoms with Crippen LogP contribution < -0.4 is 20.3 Å². The third kappa shape index (κ3) is 5.40. The van der Waals surface area contributed by atoms with Gasteiger partial charge in [0.15, 0.2) is 6.10 Å². The van der Waals surface area contributed by atoms with E-state index in [1.54, 1.807) is 24.3 Å². The van der Waals surface area contributed by atoms with E-state index in [1.807, 2.05) is 6.92 Å². The van der Waals surface area contributed by atoms with E-state index in [4.69, 9.17) is 9.47 Å². The highest BCUT2D eigenvalue weighted by Gasteiger charge is 2.19. The summed E-state index contributed by atoms with van der Waals surface area (Å²) in [6, 6.07) is 9.27. The molecule has 9 nitrogen and oxygen atoms in total. The number of carbonyl (C=O) groups is 2. The molecular formula is C18H18FN3O6. The Balaban J connectivity index is 1.91. The molecule has 0 radical (unpaired) electrons. The highest BCUT2D eigenvalue weighted by Crippen LogP contribution is 2.19. The summed E-state index contributed by atoms with van der Waals surface area (Å²) in [7, 11) is 0. The molecule has 148 valence electrons. The number of hydrogen-bond donors (Lipinski definition) is 2. The lowest BCUT2D eigenvalue weighted by Crippen LogP contribution is -2.47. The normalized spacial score (nSPS) is 11.2. The number of nitro groups is 1. The van der Waals surface area contributed by atoms with Gasteiger partial charge < -0.3 is 9.47 Å². The topological polar surface area (TPSA) is 120 Å². The molecule has 0 aliphatic heterocycles. The van der Waals surface area contributed by atoms with Crippen molar-refractivity contribution in [2.75, 3.05) is 6.61 Å². The van der Waals surface area contributed by atoms with Crippen LogP contribution in [-0.2, 0) is 4.79 Å². The highest BCUT2D eigenvalue weighted by atomic mass is 19.1. The van der Waals surface area contributed by atoms with Crippen molar-refractivity contribution >= 4 is 17.5 Å². The van der Waals surface area contributed by atoms with Gasteiger partial charge in [-0.05, 0) is 50.2 Å². The third-order valence-corrected chi connectivity index (χ3v) is 3.52. The van der Waals surface area contributed by atoms with Gasteiger partial charge in [0, 0.05) is 11.6 Å². The second-order valence-electron chi connectivity index (χ2n) is 5.53. The Morgan fingerprint density at radius 2 is 1.79 bits per heavy atom. The van der Waals surface area contributed by atoms with Crippen molar-refractivity contribution in [3.8, 4) is 11.5 Å². The molecule has 0 saturated carbocycles. The van der Waals surface area contributed by atoms with Crippen LogP contribution in [0.25, 0.3) is 0 Å². The summed E-state index contributed by atoms with van der Waals surface area (Å²) < 4.78 is 24.1. The van der Waals surface area contributed by atoms with Gasteiger partial charge in [0.05, 0.1) is 11.5 Å². The average molecular weight is 391 g/mol. The third-order valence-electron chi connectivity index (χ3n) is 3.52. The zero-order valence-corrected chi connectivity index (χ0v) is 15.1. The highest BCUT2D eigenvalue weighted by molar-refractivity contribution is 5.96. The standard InChI is InChI=1S/C18H18FN3O6/c1-3-27-13-5-7-14(8-6-13)28-11(2)17(23)20-21-18(24)12-4-9-15(19)16(10-12)22(25)26/h4-11H,3H2,1-2H3,(H,20,23)(H,21,24)/t11-/m1/s1. The maximum Gasteiger partial charge on any atom is 0.305 e. The Morgan fingerprint density at radius 1 is 1.14 bits per heavy atom. The van der Waals surface area contributed by atoms with E-state index in [-0.39, 0.29) is 5.56 Å². The number of hydrogen-bond acceptors (Lipinski definition) is 6. The smallest absolute Gasteiger partial charge is 0.305 e. The number of nitrogens with zero attached hydrogens (tertiary/aromatic N) is 1. The lowest BCUT2D eigenvalue weighted by Gasteiger charge is -2.15. The van der Waals surface area contributed by atoms with Gasteiger partial charge in [0.25, 0.3) is 11.8 Å². The van der Waals surface area contributed by atoms with Crippen LogP contribution in [0.15, 0.2) is 42.5 Å². The van der Waals surface area contributed by atoms with Crippen LogP contribution >= 0.6 is 0 Å². The Hall–Kier alpha value is -3.69. The Labute approximate surface area is 159 Å². The van der Waals surface area contributed by atoms with Crippen LogP contribution in [0, 0.1) is 15.9 Å². The maximum atomic E-state index is 13.3. The first-order chi connectivity index (χ1) is 13.3. The molecule has 2 N–H and O–H groups in total. The molecule has 0 fully saturated rings. The van der Waals surface area contributed by atoms with Crippen LogP contribution in [0.3, 0.4) is 0 Å². The molecule has 0 heterocycles. The number of benzene rings is 2. The van der Waals surface area contributed by atoms with Crippen molar-refractivity contribution in [3.63, 3.8) is 0 Å². The number of ether oxygens (including phenoxy) is 2. The summed E-state index contributed by atoms with van der Waals surface area (Å²) in [5.41, 5.74) is 3.21. The average Bonchev–Trinajstić information content (AvgIpc) is 2.67. The van der Waals surface area contributed by atoms with Gasteiger partial charge in [0.2, 0.25) is 5.82 Å². The quantitative estimate of drug-likeness (QED) is 0.552. The molecule has 2 amide bonds. The first kappa shape index (κ1) is 20.6. The Morgan fingerprint density at radius 3 is 2.39 bits per heavy atom. The first-order valence-corrected chi connectivity index (χ1v) is 8.25. The summed E-state index contributed by atoms with van der Waals surface area (Å²) in [6.07, 6.45) is -0.944. The van der Waals surface area contributed by atoms with Gasteiger partial charge >= 0.3 is 5.69 Å². The SMILES string of the molecule is CCOc1ccc(O[C@H](C)C(=O)NNC(=O)c2ccc(F)c([N+](=O)[O-])c2)cc1. The minimum Gasteiger partial charge on any atom is -0.494 e. The van der Waals surface area contributed by atoms with Crippen LogP contribution in [0.2, 0.25) is 0 Å². The molecule has 2 aromatic carbocycles. The van der Waals surface area contributed by atoms with E-state index in [9.17, 15) is 24.1 Å². The molecule has 0 aliphatic carbocycles. The van der Waals surface area contributed by atoms with Crippen LogP contribution in [0.1, 0.15) is 24.2 Å².